The summed E-state index contributed by atoms with van der Waals surface area (Å²) in [5.74, 6) is 0. The van der Waals surface area contributed by atoms with Gasteiger partial charge in [-0.25, -0.2) is 4.98 Å². The molecule has 2 aromatic heterocycles. The summed E-state index contributed by atoms with van der Waals surface area (Å²) < 4.78 is 1.45. The van der Waals surface area contributed by atoms with Crippen LogP contribution in [0.5, 0.6) is 0 Å². The molecule has 0 aliphatic carbocycles. The average molecular weight is 237 g/mol. The zero-order chi connectivity index (χ0) is 12.5. The van der Waals surface area contributed by atoms with Crippen molar-refractivity contribution < 1.29 is 0 Å². The first-order valence-corrected chi connectivity index (χ1v) is 5.59. The number of hydrogen-bond donors (Lipinski definition) is 1. The number of hydrogen-bond acceptors (Lipinski definition) is 3. The van der Waals surface area contributed by atoms with Crippen molar-refractivity contribution in [3.05, 3.63) is 65.1 Å². The van der Waals surface area contributed by atoms with E-state index in [2.05, 4.69) is 4.98 Å². The fourth-order valence-electron chi connectivity index (χ4n) is 1.90. The Balaban J connectivity index is 2.34. The molecule has 0 aliphatic heterocycles. The Labute approximate surface area is 103 Å². The van der Waals surface area contributed by atoms with E-state index < -0.39 is 0 Å². The second-order valence-corrected chi connectivity index (χ2v) is 4.00. The van der Waals surface area contributed by atoms with E-state index >= 15 is 0 Å². The molecule has 0 radical (unpaired) electrons. The van der Waals surface area contributed by atoms with Crippen LogP contribution in [0.2, 0.25) is 0 Å². The van der Waals surface area contributed by atoms with Crippen LogP contribution in [0.1, 0.15) is 0 Å². The highest BCUT2D eigenvalue weighted by Crippen LogP contribution is 2.17. The van der Waals surface area contributed by atoms with E-state index in [-0.39, 0.29) is 5.56 Å². The number of nitrogens with zero attached hydrogens (tertiary/aromatic N) is 2. The molecule has 18 heavy (non-hydrogen) atoms. The van der Waals surface area contributed by atoms with Gasteiger partial charge in [-0.1, -0.05) is 30.3 Å². The van der Waals surface area contributed by atoms with Gasteiger partial charge >= 0.3 is 0 Å². The summed E-state index contributed by atoms with van der Waals surface area (Å²) in [6.07, 6.45) is 1.66. The number of aromatic nitrogens is 2. The molecule has 0 unspecified atom stereocenters. The molecule has 0 bridgehead atoms. The molecule has 0 atom stereocenters. The lowest BCUT2D eigenvalue weighted by Gasteiger charge is -2.05. The van der Waals surface area contributed by atoms with Crippen molar-refractivity contribution in [3.8, 4) is 11.3 Å². The third-order valence-electron chi connectivity index (χ3n) is 2.79. The van der Waals surface area contributed by atoms with Crippen LogP contribution < -0.4 is 11.3 Å². The van der Waals surface area contributed by atoms with Crippen LogP contribution in [-0.4, -0.2) is 9.38 Å². The van der Waals surface area contributed by atoms with Gasteiger partial charge in [0.05, 0.1) is 11.4 Å². The fourth-order valence-corrected chi connectivity index (χ4v) is 1.90. The van der Waals surface area contributed by atoms with Gasteiger partial charge in [-0.2, -0.15) is 0 Å². The number of rotatable bonds is 1. The van der Waals surface area contributed by atoms with Crippen LogP contribution in [0.15, 0.2) is 59.5 Å². The quantitative estimate of drug-likeness (QED) is 0.703. The zero-order valence-corrected chi connectivity index (χ0v) is 9.58. The summed E-state index contributed by atoms with van der Waals surface area (Å²) in [6, 6.07) is 14.5. The SMILES string of the molecule is Nc1cccn2c(=O)cc(-c3ccccc3)nc12. The molecule has 0 spiro atoms. The van der Waals surface area contributed by atoms with Crippen molar-refractivity contribution in [3.63, 3.8) is 0 Å². The fraction of sp³-hybridized carbons (Fsp3) is 0. The van der Waals surface area contributed by atoms with Gasteiger partial charge in [-0.3, -0.25) is 9.20 Å². The average Bonchev–Trinajstić information content (AvgIpc) is 2.41. The lowest BCUT2D eigenvalue weighted by atomic mass is 10.1. The van der Waals surface area contributed by atoms with Gasteiger partial charge < -0.3 is 5.73 Å². The van der Waals surface area contributed by atoms with Crippen molar-refractivity contribution in [2.24, 2.45) is 0 Å². The van der Waals surface area contributed by atoms with Crippen molar-refractivity contribution in [2.75, 3.05) is 5.73 Å². The summed E-state index contributed by atoms with van der Waals surface area (Å²) in [5.41, 5.74) is 8.24. The highest BCUT2D eigenvalue weighted by molar-refractivity contribution is 5.68. The van der Waals surface area contributed by atoms with Gasteiger partial charge in [0.15, 0.2) is 5.65 Å². The van der Waals surface area contributed by atoms with Crippen LogP contribution in [-0.2, 0) is 0 Å². The normalized spacial score (nSPS) is 10.7. The third kappa shape index (κ3) is 1.64. The molecule has 0 amide bonds. The molecule has 2 N–H and O–H groups in total. The molecule has 3 rings (SSSR count). The lowest BCUT2D eigenvalue weighted by molar-refractivity contribution is 1.05. The maximum atomic E-state index is 12.0. The standard InChI is InChI=1S/C14H11N3O/c15-11-7-4-8-17-13(18)9-12(16-14(11)17)10-5-2-1-3-6-10/h1-9H,15H2. The van der Waals surface area contributed by atoms with Crippen molar-refractivity contribution in [1.82, 2.24) is 9.38 Å². The predicted molar refractivity (Wildman–Crippen MR) is 71.3 cm³/mol. The highest BCUT2D eigenvalue weighted by atomic mass is 16.1. The summed E-state index contributed by atoms with van der Waals surface area (Å²) in [7, 11) is 0. The Hall–Kier alpha value is -2.62. The molecule has 3 aromatic rings. The van der Waals surface area contributed by atoms with E-state index in [4.69, 9.17) is 5.73 Å². The molecule has 0 saturated heterocycles. The first-order valence-electron chi connectivity index (χ1n) is 5.59. The first kappa shape index (κ1) is 10.5. The molecule has 4 heteroatoms. The lowest BCUT2D eigenvalue weighted by Crippen LogP contribution is -2.15. The van der Waals surface area contributed by atoms with Crippen molar-refractivity contribution in [1.29, 1.82) is 0 Å². The Bertz CT molecular complexity index is 763. The number of nitrogens with two attached hydrogens (primary N) is 1. The number of benzene rings is 1. The largest absolute Gasteiger partial charge is 0.396 e. The summed E-state index contributed by atoms with van der Waals surface area (Å²) >= 11 is 0. The molecule has 4 nitrogen and oxygen atoms in total. The monoisotopic (exact) mass is 237 g/mol. The minimum Gasteiger partial charge on any atom is -0.396 e. The summed E-state index contributed by atoms with van der Waals surface area (Å²) in [4.78, 5) is 16.4. The van der Waals surface area contributed by atoms with E-state index in [9.17, 15) is 4.79 Å². The third-order valence-corrected chi connectivity index (χ3v) is 2.79. The number of pyridine rings is 1. The minimum absolute atomic E-state index is 0.133. The molecular formula is C14H11N3O. The maximum Gasteiger partial charge on any atom is 0.258 e. The van der Waals surface area contributed by atoms with Gasteiger partial charge in [-0.15, -0.1) is 0 Å². The Morgan fingerprint density at radius 3 is 2.61 bits per heavy atom. The molecule has 1 aromatic carbocycles. The van der Waals surface area contributed by atoms with Crippen LogP contribution in [0, 0.1) is 0 Å². The first-order chi connectivity index (χ1) is 8.75. The van der Waals surface area contributed by atoms with Gasteiger partial charge in [-0.05, 0) is 12.1 Å². The zero-order valence-electron chi connectivity index (χ0n) is 9.58. The van der Waals surface area contributed by atoms with E-state index in [0.717, 1.165) is 5.56 Å². The minimum atomic E-state index is -0.133. The van der Waals surface area contributed by atoms with Crippen molar-refractivity contribution >= 4 is 11.3 Å². The molecule has 88 valence electrons. The molecule has 0 saturated carbocycles. The van der Waals surface area contributed by atoms with E-state index in [1.54, 1.807) is 18.3 Å². The summed E-state index contributed by atoms with van der Waals surface area (Å²) in [6.45, 7) is 0. The maximum absolute atomic E-state index is 12.0. The van der Waals surface area contributed by atoms with Gasteiger partial charge in [0.25, 0.3) is 5.56 Å². The van der Waals surface area contributed by atoms with Crippen LogP contribution >= 0.6 is 0 Å². The molecule has 2 heterocycles. The Morgan fingerprint density at radius 2 is 1.83 bits per heavy atom. The van der Waals surface area contributed by atoms with Gasteiger partial charge in [0.2, 0.25) is 0 Å². The van der Waals surface area contributed by atoms with Crippen LogP contribution in [0.4, 0.5) is 5.69 Å². The Kier molecular flexibility index (Phi) is 2.34. The summed E-state index contributed by atoms with van der Waals surface area (Å²) in [5, 5.41) is 0. The van der Waals surface area contributed by atoms with Crippen LogP contribution in [0.3, 0.4) is 0 Å². The molecular weight excluding hydrogens is 226 g/mol. The van der Waals surface area contributed by atoms with Crippen molar-refractivity contribution in [2.45, 2.75) is 0 Å². The highest BCUT2D eigenvalue weighted by Gasteiger charge is 2.05. The van der Waals surface area contributed by atoms with E-state index in [1.807, 2.05) is 30.3 Å². The number of nitrogen functional groups attached to an aromatic ring is 1. The van der Waals surface area contributed by atoms with E-state index in [0.29, 0.717) is 17.0 Å². The number of fused-ring (bicyclic) bond motifs is 1. The molecule has 0 fully saturated rings. The van der Waals surface area contributed by atoms with Gasteiger partial charge in [0.1, 0.15) is 0 Å². The smallest absolute Gasteiger partial charge is 0.258 e. The predicted octanol–water partition coefficient (Wildman–Crippen LogP) is 1.94. The van der Waals surface area contributed by atoms with Gasteiger partial charge in [0, 0.05) is 17.8 Å². The Morgan fingerprint density at radius 1 is 1.06 bits per heavy atom. The topological polar surface area (TPSA) is 60.4 Å². The second-order valence-electron chi connectivity index (χ2n) is 4.00. The molecule has 0 aliphatic rings. The van der Waals surface area contributed by atoms with Crippen LogP contribution in [0.25, 0.3) is 16.9 Å². The second kappa shape index (κ2) is 4.00. The van der Waals surface area contributed by atoms with E-state index in [1.165, 1.54) is 10.5 Å². The number of anilines is 1.